The molecule has 0 aliphatic heterocycles. The van der Waals surface area contributed by atoms with Gasteiger partial charge in [-0.15, -0.1) is 0 Å². The van der Waals surface area contributed by atoms with Gasteiger partial charge in [0.2, 0.25) is 0 Å². The summed E-state index contributed by atoms with van der Waals surface area (Å²) < 4.78 is 1.81. The Bertz CT molecular complexity index is 362. The zero-order chi connectivity index (χ0) is 11.4. The Balaban J connectivity index is 1.84. The second-order valence-electron chi connectivity index (χ2n) is 4.27. The van der Waals surface area contributed by atoms with E-state index in [4.69, 9.17) is 5.73 Å². The molecule has 2 rings (SSSR count). The first-order valence-electron chi connectivity index (χ1n) is 5.79. The minimum atomic E-state index is 0.523. The number of hydrogen-bond acceptors (Lipinski definition) is 2. The van der Waals surface area contributed by atoms with Gasteiger partial charge in [0.05, 0.1) is 12.2 Å². The summed E-state index contributed by atoms with van der Waals surface area (Å²) in [4.78, 5) is 4.31. The van der Waals surface area contributed by atoms with Gasteiger partial charge in [0.15, 0.2) is 5.96 Å². The van der Waals surface area contributed by atoms with Gasteiger partial charge >= 0.3 is 0 Å². The molecule has 0 spiro atoms. The molecule has 0 bridgehead atoms. The van der Waals surface area contributed by atoms with Crippen LogP contribution in [0.25, 0.3) is 0 Å². The summed E-state index contributed by atoms with van der Waals surface area (Å²) >= 11 is 0. The number of aryl methyl sites for hydroxylation is 1. The van der Waals surface area contributed by atoms with Crippen LogP contribution in [0, 0.1) is 0 Å². The molecule has 1 fully saturated rings. The van der Waals surface area contributed by atoms with E-state index in [-0.39, 0.29) is 0 Å². The maximum atomic E-state index is 5.83. The standard InChI is InChI=1S/C11H19N5/c1-16-10(6-7-14-16)8-13-11(12)15-9-4-2-3-5-9/h6-7,9H,2-5,8H2,1H3,(H3,12,13,15). The summed E-state index contributed by atoms with van der Waals surface area (Å²) in [7, 11) is 1.91. The van der Waals surface area contributed by atoms with Crippen molar-refractivity contribution < 1.29 is 0 Å². The zero-order valence-corrected chi connectivity index (χ0v) is 9.69. The van der Waals surface area contributed by atoms with Crippen molar-refractivity contribution in [1.82, 2.24) is 15.1 Å². The molecule has 5 heteroatoms. The van der Waals surface area contributed by atoms with E-state index >= 15 is 0 Å². The first kappa shape index (κ1) is 11.0. The number of aromatic nitrogens is 2. The number of aliphatic imine (C=N–C) groups is 1. The van der Waals surface area contributed by atoms with E-state index in [1.54, 1.807) is 6.20 Å². The highest BCUT2D eigenvalue weighted by atomic mass is 15.3. The van der Waals surface area contributed by atoms with Crippen LogP contribution in [-0.2, 0) is 13.6 Å². The Morgan fingerprint density at radius 3 is 3.00 bits per heavy atom. The van der Waals surface area contributed by atoms with Crippen LogP contribution in [0.15, 0.2) is 17.3 Å². The molecule has 0 atom stereocenters. The molecule has 0 saturated heterocycles. The van der Waals surface area contributed by atoms with Crippen molar-refractivity contribution in [2.75, 3.05) is 0 Å². The van der Waals surface area contributed by atoms with E-state index in [0.717, 1.165) is 5.69 Å². The maximum absolute atomic E-state index is 5.83. The molecule has 1 aromatic heterocycles. The summed E-state index contributed by atoms with van der Waals surface area (Å²) in [5.41, 5.74) is 6.90. The molecule has 1 aliphatic rings. The number of nitrogens with one attached hydrogen (secondary N) is 1. The molecule has 0 amide bonds. The SMILES string of the molecule is Cn1nccc1CN=C(N)NC1CCCC1. The summed E-state index contributed by atoms with van der Waals surface area (Å²) in [5, 5.41) is 7.34. The number of hydrogen-bond donors (Lipinski definition) is 2. The van der Waals surface area contributed by atoms with Crippen LogP contribution >= 0.6 is 0 Å². The largest absolute Gasteiger partial charge is 0.370 e. The molecule has 0 unspecified atom stereocenters. The van der Waals surface area contributed by atoms with E-state index < -0.39 is 0 Å². The summed E-state index contributed by atoms with van der Waals surface area (Å²) in [5.74, 6) is 0.549. The van der Waals surface area contributed by atoms with Gasteiger partial charge in [-0.1, -0.05) is 12.8 Å². The highest BCUT2D eigenvalue weighted by Gasteiger charge is 2.14. The summed E-state index contributed by atoms with van der Waals surface area (Å²) in [6.07, 6.45) is 6.79. The van der Waals surface area contributed by atoms with Crippen molar-refractivity contribution >= 4 is 5.96 Å². The van der Waals surface area contributed by atoms with Crippen LogP contribution in [-0.4, -0.2) is 21.8 Å². The molecule has 1 heterocycles. The molecule has 0 aromatic carbocycles. The third kappa shape index (κ3) is 2.74. The Morgan fingerprint density at radius 2 is 2.38 bits per heavy atom. The van der Waals surface area contributed by atoms with Gasteiger partial charge in [0.25, 0.3) is 0 Å². The predicted molar refractivity (Wildman–Crippen MR) is 63.9 cm³/mol. The molecule has 1 aromatic rings. The average Bonchev–Trinajstić information content (AvgIpc) is 2.87. The molecule has 88 valence electrons. The van der Waals surface area contributed by atoms with Crippen LogP contribution in [0.1, 0.15) is 31.4 Å². The van der Waals surface area contributed by atoms with Crippen molar-refractivity contribution in [3.8, 4) is 0 Å². The van der Waals surface area contributed by atoms with Crippen molar-refractivity contribution in [2.24, 2.45) is 17.8 Å². The zero-order valence-electron chi connectivity index (χ0n) is 9.69. The molecule has 5 nitrogen and oxygen atoms in total. The number of rotatable bonds is 3. The predicted octanol–water partition coefficient (Wildman–Crippen LogP) is 0.767. The summed E-state index contributed by atoms with van der Waals surface area (Å²) in [6.45, 7) is 0.585. The van der Waals surface area contributed by atoms with Crippen LogP contribution in [0.3, 0.4) is 0 Å². The smallest absolute Gasteiger partial charge is 0.189 e. The Hall–Kier alpha value is -1.52. The quantitative estimate of drug-likeness (QED) is 0.585. The minimum Gasteiger partial charge on any atom is -0.370 e. The molecule has 3 N–H and O–H groups in total. The van der Waals surface area contributed by atoms with E-state index in [1.165, 1.54) is 25.7 Å². The lowest BCUT2D eigenvalue weighted by Gasteiger charge is -2.12. The molecule has 0 radical (unpaired) electrons. The monoisotopic (exact) mass is 221 g/mol. The second kappa shape index (κ2) is 5.01. The van der Waals surface area contributed by atoms with Gasteiger partial charge in [-0.05, 0) is 18.9 Å². The normalized spacial score (nSPS) is 17.9. The topological polar surface area (TPSA) is 68.2 Å². The van der Waals surface area contributed by atoms with Crippen LogP contribution in [0.5, 0.6) is 0 Å². The van der Waals surface area contributed by atoms with Crippen LogP contribution < -0.4 is 11.1 Å². The molecular weight excluding hydrogens is 202 g/mol. The fourth-order valence-corrected chi connectivity index (χ4v) is 2.05. The molecular formula is C11H19N5. The van der Waals surface area contributed by atoms with Gasteiger partial charge in [0, 0.05) is 19.3 Å². The first-order chi connectivity index (χ1) is 7.75. The van der Waals surface area contributed by atoms with Gasteiger partial charge in [0.1, 0.15) is 0 Å². The van der Waals surface area contributed by atoms with E-state index in [1.807, 2.05) is 17.8 Å². The van der Waals surface area contributed by atoms with Gasteiger partial charge in [-0.2, -0.15) is 5.10 Å². The molecule has 1 saturated carbocycles. The lowest BCUT2D eigenvalue weighted by molar-refractivity contribution is 0.624. The lowest BCUT2D eigenvalue weighted by Crippen LogP contribution is -2.38. The number of guanidine groups is 1. The van der Waals surface area contributed by atoms with Gasteiger partial charge in [-0.3, -0.25) is 4.68 Å². The Morgan fingerprint density at radius 1 is 1.62 bits per heavy atom. The van der Waals surface area contributed by atoms with Crippen molar-refractivity contribution in [3.05, 3.63) is 18.0 Å². The summed E-state index contributed by atoms with van der Waals surface area (Å²) in [6, 6.07) is 2.47. The van der Waals surface area contributed by atoms with E-state index in [0.29, 0.717) is 18.5 Å². The highest BCUT2D eigenvalue weighted by Crippen LogP contribution is 2.17. The van der Waals surface area contributed by atoms with E-state index in [2.05, 4.69) is 15.4 Å². The Kier molecular flexibility index (Phi) is 3.44. The number of nitrogens with two attached hydrogens (primary N) is 1. The maximum Gasteiger partial charge on any atom is 0.189 e. The van der Waals surface area contributed by atoms with E-state index in [9.17, 15) is 0 Å². The van der Waals surface area contributed by atoms with Crippen LogP contribution in [0.2, 0.25) is 0 Å². The fraction of sp³-hybridized carbons (Fsp3) is 0.636. The van der Waals surface area contributed by atoms with Crippen molar-refractivity contribution in [1.29, 1.82) is 0 Å². The second-order valence-corrected chi connectivity index (χ2v) is 4.27. The number of nitrogens with zero attached hydrogens (tertiary/aromatic N) is 3. The Labute approximate surface area is 95.7 Å². The third-order valence-corrected chi connectivity index (χ3v) is 3.04. The van der Waals surface area contributed by atoms with Crippen LogP contribution in [0.4, 0.5) is 0 Å². The lowest BCUT2D eigenvalue weighted by atomic mass is 10.2. The van der Waals surface area contributed by atoms with Crippen molar-refractivity contribution in [2.45, 2.75) is 38.3 Å². The average molecular weight is 221 g/mol. The highest BCUT2D eigenvalue weighted by molar-refractivity contribution is 5.78. The molecule has 1 aliphatic carbocycles. The first-order valence-corrected chi connectivity index (χ1v) is 5.79. The van der Waals surface area contributed by atoms with Gasteiger partial charge < -0.3 is 11.1 Å². The molecule has 16 heavy (non-hydrogen) atoms. The fourth-order valence-electron chi connectivity index (χ4n) is 2.05. The third-order valence-electron chi connectivity index (χ3n) is 3.04. The van der Waals surface area contributed by atoms with Crippen molar-refractivity contribution in [3.63, 3.8) is 0 Å². The van der Waals surface area contributed by atoms with Gasteiger partial charge in [-0.25, -0.2) is 4.99 Å². The minimum absolute atomic E-state index is 0.523.